The van der Waals surface area contributed by atoms with Crippen molar-refractivity contribution in [1.82, 2.24) is 14.9 Å². The zero-order valence-electron chi connectivity index (χ0n) is 14.3. The summed E-state index contributed by atoms with van der Waals surface area (Å²) in [5.41, 5.74) is 7.99. The lowest BCUT2D eigenvalue weighted by molar-refractivity contribution is 0.0995. The number of primary amides is 1. The minimum absolute atomic E-state index is 0.319. The Morgan fingerprint density at radius 3 is 2.96 bits per heavy atom. The van der Waals surface area contributed by atoms with Gasteiger partial charge in [0.1, 0.15) is 11.5 Å². The van der Waals surface area contributed by atoms with E-state index < -0.39 is 5.91 Å². The minimum Gasteiger partial charge on any atom is -0.364 e. The van der Waals surface area contributed by atoms with Gasteiger partial charge in [-0.25, -0.2) is 9.97 Å². The van der Waals surface area contributed by atoms with Crippen LogP contribution in [0.3, 0.4) is 0 Å². The standard InChI is InChI=1S/C18H24N4OS/c1-12-5-7-24-17(12)11-22-6-3-4-14(10-22)8-15-9-16(18(19)23)21-13(2)20-15/h5,7,9,14H,3-4,6,8,10-11H2,1-2H3,(H2,19,23)/t14-/m0/s1. The Kier molecular flexibility index (Phi) is 5.26. The number of carbonyl (C=O) groups excluding carboxylic acids is 1. The molecule has 0 bridgehead atoms. The van der Waals surface area contributed by atoms with Crippen LogP contribution >= 0.6 is 11.3 Å². The number of aromatic nitrogens is 2. The van der Waals surface area contributed by atoms with Crippen LogP contribution in [0.4, 0.5) is 0 Å². The van der Waals surface area contributed by atoms with Gasteiger partial charge in [0.25, 0.3) is 5.91 Å². The van der Waals surface area contributed by atoms with E-state index in [0.717, 1.165) is 31.7 Å². The lowest BCUT2D eigenvalue weighted by Gasteiger charge is -2.32. The molecular weight excluding hydrogens is 320 g/mol. The van der Waals surface area contributed by atoms with Crippen molar-refractivity contribution in [2.45, 2.75) is 39.7 Å². The van der Waals surface area contributed by atoms with E-state index in [1.807, 2.05) is 18.3 Å². The summed E-state index contributed by atoms with van der Waals surface area (Å²) in [6.45, 7) is 7.26. The summed E-state index contributed by atoms with van der Waals surface area (Å²) in [7, 11) is 0. The third-order valence-corrected chi connectivity index (χ3v) is 5.59. The molecule has 0 radical (unpaired) electrons. The van der Waals surface area contributed by atoms with Gasteiger partial charge in [0, 0.05) is 23.7 Å². The first-order valence-corrected chi connectivity index (χ1v) is 9.29. The van der Waals surface area contributed by atoms with Crippen LogP contribution in [0.15, 0.2) is 17.5 Å². The molecule has 24 heavy (non-hydrogen) atoms. The van der Waals surface area contributed by atoms with Crippen molar-refractivity contribution in [2.24, 2.45) is 11.7 Å². The van der Waals surface area contributed by atoms with E-state index in [2.05, 4.69) is 33.2 Å². The quantitative estimate of drug-likeness (QED) is 0.905. The normalized spacial score (nSPS) is 18.7. The number of carbonyl (C=O) groups is 1. The fourth-order valence-electron chi connectivity index (χ4n) is 3.39. The molecular formula is C18H24N4OS. The van der Waals surface area contributed by atoms with E-state index in [0.29, 0.717) is 17.4 Å². The summed E-state index contributed by atoms with van der Waals surface area (Å²) < 4.78 is 0. The maximum Gasteiger partial charge on any atom is 0.267 e. The van der Waals surface area contributed by atoms with Gasteiger partial charge in [-0.1, -0.05) is 0 Å². The molecule has 0 unspecified atom stereocenters. The highest BCUT2D eigenvalue weighted by Gasteiger charge is 2.22. The molecule has 1 atom stereocenters. The van der Waals surface area contributed by atoms with Crippen molar-refractivity contribution in [3.63, 3.8) is 0 Å². The minimum atomic E-state index is -0.486. The second-order valence-corrected chi connectivity index (χ2v) is 7.63. The van der Waals surface area contributed by atoms with Gasteiger partial charge in [0.2, 0.25) is 0 Å². The molecule has 1 saturated heterocycles. The van der Waals surface area contributed by atoms with Crippen molar-refractivity contribution < 1.29 is 4.79 Å². The van der Waals surface area contributed by atoms with Gasteiger partial charge < -0.3 is 5.73 Å². The summed E-state index contributed by atoms with van der Waals surface area (Å²) in [6.07, 6.45) is 3.29. The molecule has 2 aromatic rings. The van der Waals surface area contributed by atoms with Crippen LogP contribution in [0.2, 0.25) is 0 Å². The number of thiophene rings is 1. The first-order valence-electron chi connectivity index (χ1n) is 8.41. The molecule has 5 nitrogen and oxygen atoms in total. The van der Waals surface area contributed by atoms with Crippen molar-refractivity contribution in [1.29, 1.82) is 0 Å². The Bertz CT molecular complexity index is 728. The number of piperidine rings is 1. The number of amides is 1. The number of hydrogen-bond acceptors (Lipinski definition) is 5. The second kappa shape index (κ2) is 7.40. The van der Waals surface area contributed by atoms with Crippen molar-refractivity contribution >= 4 is 17.2 Å². The predicted molar refractivity (Wildman–Crippen MR) is 96.0 cm³/mol. The molecule has 0 aliphatic carbocycles. The molecule has 3 heterocycles. The van der Waals surface area contributed by atoms with Crippen LogP contribution in [-0.4, -0.2) is 33.9 Å². The fourth-order valence-corrected chi connectivity index (χ4v) is 4.33. The van der Waals surface area contributed by atoms with Gasteiger partial charge in [-0.3, -0.25) is 9.69 Å². The molecule has 0 saturated carbocycles. The first kappa shape index (κ1) is 17.0. The van der Waals surface area contributed by atoms with Crippen LogP contribution in [0.25, 0.3) is 0 Å². The molecule has 1 aliphatic heterocycles. The van der Waals surface area contributed by atoms with Gasteiger partial charge >= 0.3 is 0 Å². The molecule has 1 aliphatic rings. The SMILES string of the molecule is Cc1nc(C[C@@H]2CCCN(Cc3sccc3C)C2)cc(C(N)=O)n1. The van der Waals surface area contributed by atoms with E-state index in [-0.39, 0.29) is 0 Å². The number of hydrogen-bond donors (Lipinski definition) is 1. The molecule has 3 rings (SSSR count). The van der Waals surface area contributed by atoms with E-state index in [1.54, 1.807) is 6.07 Å². The van der Waals surface area contributed by atoms with Crippen molar-refractivity contribution in [3.8, 4) is 0 Å². The molecule has 0 spiro atoms. The Morgan fingerprint density at radius 1 is 1.42 bits per heavy atom. The van der Waals surface area contributed by atoms with E-state index in [4.69, 9.17) is 5.73 Å². The Balaban J connectivity index is 1.65. The summed E-state index contributed by atoms with van der Waals surface area (Å²) in [5.74, 6) is 0.692. The van der Waals surface area contributed by atoms with Crippen LogP contribution in [-0.2, 0) is 13.0 Å². The molecule has 1 amide bonds. The topological polar surface area (TPSA) is 72.1 Å². The third-order valence-electron chi connectivity index (χ3n) is 4.58. The number of nitrogens with zero attached hydrogens (tertiary/aromatic N) is 3. The molecule has 6 heteroatoms. The zero-order valence-corrected chi connectivity index (χ0v) is 15.1. The predicted octanol–water partition coefficient (Wildman–Crippen LogP) is 2.71. The van der Waals surface area contributed by atoms with Gasteiger partial charge in [0.15, 0.2) is 0 Å². The van der Waals surface area contributed by atoms with E-state index in [9.17, 15) is 4.79 Å². The lowest BCUT2D eigenvalue weighted by Crippen LogP contribution is -2.35. The summed E-state index contributed by atoms with van der Waals surface area (Å²) in [6, 6.07) is 3.94. The largest absolute Gasteiger partial charge is 0.364 e. The third kappa shape index (κ3) is 4.19. The van der Waals surface area contributed by atoms with Crippen molar-refractivity contribution in [2.75, 3.05) is 13.1 Å². The maximum absolute atomic E-state index is 11.4. The molecule has 2 N–H and O–H groups in total. The van der Waals surface area contributed by atoms with Crippen LogP contribution in [0, 0.1) is 19.8 Å². The average Bonchev–Trinajstić information content (AvgIpc) is 2.92. The fraction of sp³-hybridized carbons (Fsp3) is 0.500. The Hall–Kier alpha value is -1.79. The van der Waals surface area contributed by atoms with Gasteiger partial charge in [-0.05, 0) is 68.6 Å². The lowest BCUT2D eigenvalue weighted by atomic mass is 9.93. The average molecular weight is 344 g/mol. The molecule has 1 fully saturated rings. The van der Waals surface area contributed by atoms with Gasteiger partial charge in [-0.15, -0.1) is 11.3 Å². The number of aryl methyl sites for hydroxylation is 2. The first-order chi connectivity index (χ1) is 11.5. The van der Waals surface area contributed by atoms with Crippen LogP contribution in [0.5, 0.6) is 0 Å². The number of rotatable bonds is 5. The highest BCUT2D eigenvalue weighted by Crippen LogP contribution is 2.24. The Labute approximate surface area is 146 Å². The molecule has 2 aromatic heterocycles. The Morgan fingerprint density at radius 2 is 2.25 bits per heavy atom. The maximum atomic E-state index is 11.4. The number of nitrogens with two attached hydrogens (primary N) is 1. The molecule has 128 valence electrons. The zero-order chi connectivity index (χ0) is 17.1. The van der Waals surface area contributed by atoms with Gasteiger partial charge in [-0.2, -0.15) is 0 Å². The van der Waals surface area contributed by atoms with Gasteiger partial charge in [0.05, 0.1) is 0 Å². The summed E-state index contributed by atoms with van der Waals surface area (Å²) >= 11 is 1.84. The smallest absolute Gasteiger partial charge is 0.267 e. The number of likely N-dealkylation sites (tertiary alicyclic amines) is 1. The monoisotopic (exact) mass is 344 g/mol. The molecule has 0 aromatic carbocycles. The second-order valence-electron chi connectivity index (χ2n) is 6.63. The van der Waals surface area contributed by atoms with Crippen LogP contribution in [0.1, 0.15) is 45.3 Å². The highest BCUT2D eigenvalue weighted by molar-refractivity contribution is 7.10. The van der Waals surface area contributed by atoms with Crippen molar-refractivity contribution in [3.05, 3.63) is 45.2 Å². The van der Waals surface area contributed by atoms with E-state index in [1.165, 1.54) is 23.3 Å². The summed E-state index contributed by atoms with van der Waals surface area (Å²) in [5, 5.41) is 2.17. The highest BCUT2D eigenvalue weighted by atomic mass is 32.1. The van der Waals surface area contributed by atoms with E-state index >= 15 is 0 Å². The van der Waals surface area contributed by atoms with Crippen LogP contribution < -0.4 is 5.73 Å². The summed E-state index contributed by atoms with van der Waals surface area (Å²) in [4.78, 5) is 24.0.